The lowest BCUT2D eigenvalue weighted by atomic mass is 10.1. The molecule has 0 saturated carbocycles. The zero-order valence-corrected chi connectivity index (χ0v) is 13.7. The van der Waals surface area contributed by atoms with Gasteiger partial charge in [0.05, 0.1) is 0 Å². The van der Waals surface area contributed by atoms with Crippen molar-refractivity contribution in [3.8, 4) is 0 Å². The highest BCUT2D eigenvalue weighted by molar-refractivity contribution is 7.71. The Morgan fingerprint density at radius 1 is 1.25 bits per heavy atom. The summed E-state index contributed by atoms with van der Waals surface area (Å²) in [6, 6.07) is 7.40. The molecule has 1 heterocycles. The first-order chi connectivity index (χ1) is 9.45. The molecular formula is C15H16Cl2N2S. The SMILES string of the molecule is CC(C)Cc1cc(=S)nc(Cc2c(Cl)cccc2Cl)[nH]1. The van der Waals surface area contributed by atoms with Gasteiger partial charge in [0.25, 0.3) is 0 Å². The Morgan fingerprint density at radius 3 is 2.50 bits per heavy atom. The Bertz CT molecular complexity index is 645. The van der Waals surface area contributed by atoms with Gasteiger partial charge < -0.3 is 4.98 Å². The summed E-state index contributed by atoms with van der Waals surface area (Å²) in [7, 11) is 0. The van der Waals surface area contributed by atoms with E-state index in [1.54, 1.807) is 0 Å². The molecule has 5 heteroatoms. The van der Waals surface area contributed by atoms with E-state index in [9.17, 15) is 0 Å². The Balaban J connectivity index is 2.34. The summed E-state index contributed by atoms with van der Waals surface area (Å²) in [6.45, 7) is 4.34. The molecule has 2 nitrogen and oxygen atoms in total. The van der Waals surface area contributed by atoms with Gasteiger partial charge in [-0.1, -0.05) is 55.3 Å². The summed E-state index contributed by atoms with van der Waals surface area (Å²) < 4.78 is 0.595. The fourth-order valence-corrected chi connectivity index (χ4v) is 2.85. The molecule has 0 aliphatic heterocycles. The van der Waals surface area contributed by atoms with Crippen LogP contribution >= 0.6 is 35.4 Å². The Kier molecular flexibility index (Phi) is 5.19. The second-order valence-corrected chi connectivity index (χ2v) is 6.40. The van der Waals surface area contributed by atoms with Gasteiger partial charge in [-0.3, -0.25) is 0 Å². The highest BCUT2D eigenvalue weighted by atomic mass is 35.5. The summed E-state index contributed by atoms with van der Waals surface area (Å²) in [6.07, 6.45) is 1.49. The van der Waals surface area contributed by atoms with Crippen molar-refractivity contribution >= 4 is 35.4 Å². The van der Waals surface area contributed by atoms with Gasteiger partial charge in [0.2, 0.25) is 0 Å². The van der Waals surface area contributed by atoms with E-state index in [2.05, 4.69) is 23.8 Å². The summed E-state index contributed by atoms with van der Waals surface area (Å²) in [5, 5.41) is 1.29. The molecule has 2 aromatic rings. The molecular weight excluding hydrogens is 311 g/mol. The Morgan fingerprint density at radius 2 is 1.90 bits per heavy atom. The smallest absolute Gasteiger partial charge is 0.130 e. The summed E-state index contributed by atoms with van der Waals surface area (Å²) in [5.41, 5.74) is 1.97. The quantitative estimate of drug-likeness (QED) is 0.779. The molecule has 0 radical (unpaired) electrons. The Hall–Kier alpha value is -0.900. The minimum atomic E-state index is 0.550. The molecule has 2 rings (SSSR count). The number of nitrogens with zero attached hydrogens (tertiary/aromatic N) is 1. The molecule has 106 valence electrons. The molecule has 0 bridgehead atoms. The second kappa shape index (κ2) is 6.70. The lowest BCUT2D eigenvalue weighted by molar-refractivity contribution is 0.630. The molecule has 20 heavy (non-hydrogen) atoms. The van der Waals surface area contributed by atoms with Crippen molar-refractivity contribution in [1.29, 1.82) is 0 Å². The standard InChI is InChI=1S/C15H16Cl2N2S/c1-9(2)6-10-7-15(20)19-14(18-10)8-11-12(16)4-3-5-13(11)17/h3-5,7,9H,6,8H2,1-2H3,(H,18,19,20). The number of aromatic nitrogens is 2. The zero-order valence-electron chi connectivity index (χ0n) is 11.4. The van der Waals surface area contributed by atoms with Crippen molar-refractivity contribution in [2.24, 2.45) is 5.92 Å². The average Bonchev–Trinajstić information content (AvgIpc) is 2.32. The average molecular weight is 327 g/mol. The van der Waals surface area contributed by atoms with Crippen LogP contribution in [0.25, 0.3) is 0 Å². The Labute approximate surface area is 134 Å². The van der Waals surface area contributed by atoms with Crippen LogP contribution in [0, 0.1) is 10.6 Å². The lowest BCUT2D eigenvalue weighted by Gasteiger charge is -2.10. The second-order valence-electron chi connectivity index (χ2n) is 5.17. The molecule has 0 atom stereocenters. The summed E-state index contributed by atoms with van der Waals surface area (Å²) in [5.74, 6) is 1.35. The number of nitrogens with one attached hydrogen (secondary N) is 1. The van der Waals surface area contributed by atoms with Crippen LogP contribution in [-0.2, 0) is 12.8 Å². The van der Waals surface area contributed by atoms with Crippen molar-refractivity contribution in [3.63, 3.8) is 0 Å². The van der Waals surface area contributed by atoms with Gasteiger partial charge in [-0.2, -0.15) is 0 Å². The van der Waals surface area contributed by atoms with Crippen molar-refractivity contribution in [1.82, 2.24) is 9.97 Å². The summed E-state index contributed by atoms with van der Waals surface area (Å²) >= 11 is 17.6. The van der Waals surface area contributed by atoms with Gasteiger partial charge in [0.1, 0.15) is 10.5 Å². The monoisotopic (exact) mass is 326 g/mol. The van der Waals surface area contributed by atoms with E-state index in [4.69, 9.17) is 35.4 Å². The van der Waals surface area contributed by atoms with Crippen LogP contribution in [0.1, 0.15) is 30.9 Å². The van der Waals surface area contributed by atoms with Gasteiger partial charge >= 0.3 is 0 Å². The van der Waals surface area contributed by atoms with Gasteiger partial charge in [-0.05, 0) is 36.1 Å². The first-order valence-corrected chi connectivity index (χ1v) is 7.64. The van der Waals surface area contributed by atoms with E-state index in [1.807, 2.05) is 24.3 Å². The van der Waals surface area contributed by atoms with Gasteiger partial charge in [-0.25, -0.2) is 4.98 Å². The third-order valence-electron chi connectivity index (χ3n) is 2.88. The van der Waals surface area contributed by atoms with E-state index in [0.717, 1.165) is 23.5 Å². The molecule has 0 aliphatic carbocycles. The van der Waals surface area contributed by atoms with Crippen LogP contribution in [0.3, 0.4) is 0 Å². The molecule has 1 aromatic carbocycles. The third kappa shape index (κ3) is 4.05. The minimum Gasteiger partial charge on any atom is -0.347 e. The third-order valence-corrected chi connectivity index (χ3v) is 3.80. The van der Waals surface area contributed by atoms with Crippen LogP contribution in [0.15, 0.2) is 24.3 Å². The van der Waals surface area contributed by atoms with Crippen LogP contribution in [0.5, 0.6) is 0 Å². The van der Waals surface area contributed by atoms with Crippen molar-refractivity contribution < 1.29 is 0 Å². The maximum atomic E-state index is 6.19. The zero-order chi connectivity index (χ0) is 14.7. The number of benzene rings is 1. The normalized spacial score (nSPS) is 11.1. The van der Waals surface area contributed by atoms with Crippen molar-refractivity contribution in [2.45, 2.75) is 26.7 Å². The molecule has 1 N–H and O–H groups in total. The predicted molar refractivity (Wildman–Crippen MR) is 87.2 cm³/mol. The molecule has 0 saturated heterocycles. The molecule has 0 fully saturated rings. The molecule has 0 amide bonds. The molecule has 0 aliphatic rings. The van der Waals surface area contributed by atoms with Crippen LogP contribution in [0.2, 0.25) is 10.0 Å². The number of hydrogen-bond donors (Lipinski definition) is 1. The predicted octanol–water partition coefficient (Wildman–Crippen LogP) is 5.24. The van der Waals surface area contributed by atoms with Crippen LogP contribution in [0.4, 0.5) is 0 Å². The van der Waals surface area contributed by atoms with Crippen LogP contribution < -0.4 is 0 Å². The lowest BCUT2D eigenvalue weighted by Crippen LogP contribution is -2.04. The topological polar surface area (TPSA) is 28.7 Å². The number of halogens is 2. The number of H-pyrrole nitrogens is 1. The maximum Gasteiger partial charge on any atom is 0.130 e. The number of aromatic amines is 1. The van der Waals surface area contributed by atoms with Crippen LogP contribution in [-0.4, -0.2) is 9.97 Å². The van der Waals surface area contributed by atoms with Gasteiger partial charge in [-0.15, -0.1) is 0 Å². The van der Waals surface area contributed by atoms with E-state index < -0.39 is 0 Å². The van der Waals surface area contributed by atoms with Crippen molar-refractivity contribution in [2.75, 3.05) is 0 Å². The molecule has 0 spiro atoms. The van der Waals surface area contributed by atoms with Crippen molar-refractivity contribution in [3.05, 3.63) is 56.0 Å². The van der Waals surface area contributed by atoms with E-state index in [1.165, 1.54) is 0 Å². The highest BCUT2D eigenvalue weighted by Gasteiger charge is 2.09. The van der Waals surface area contributed by atoms with E-state index in [-0.39, 0.29) is 0 Å². The fraction of sp³-hybridized carbons (Fsp3) is 0.333. The minimum absolute atomic E-state index is 0.550. The fourth-order valence-electron chi connectivity index (χ4n) is 2.07. The van der Waals surface area contributed by atoms with E-state index in [0.29, 0.717) is 27.0 Å². The molecule has 0 unspecified atom stereocenters. The largest absolute Gasteiger partial charge is 0.347 e. The first kappa shape index (κ1) is 15.5. The number of hydrogen-bond acceptors (Lipinski definition) is 2. The first-order valence-electron chi connectivity index (χ1n) is 6.47. The van der Waals surface area contributed by atoms with E-state index >= 15 is 0 Å². The van der Waals surface area contributed by atoms with Gasteiger partial charge in [0, 0.05) is 22.2 Å². The summed E-state index contributed by atoms with van der Waals surface area (Å²) in [4.78, 5) is 7.69. The van der Waals surface area contributed by atoms with Gasteiger partial charge in [0.15, 0.2) is 0 Å². The highest BCUT2D eigenvalue weighted by Crippen LogP contribution is 2.26. The molecule has 1 aromatic heterocycles. The maximum absolute atomic E-state index is 6.19. The number of rotatable bonds is 4.